The molecule has 3 rings (SSSR count). The highest BCUT2D eigenvalue weighted by molar-refractivity contribution is 5.95. The van der Waals surface area contributed by atoms with E-state index >= 15 is 0 Å². The summed E-state index contributed by atoms with van der Waals surface area (Å²) >= 11 is 0. The Balaban J connectivity index is 1.80. The largest absolute Gasteiger partial charge is 0.481 e. The number of benzene rings is 1. The molecule has 1 N–H and O–H groups in total. The molecule has 0 spiro atoms. The fourth-order valence-corrected chi connectivity index (χ4v) is 2.76. The third-order valence-electron chi connectivity index (χ3n) is 3.87. The second-order valence-corrected chi connectivity index (χ2v) is 5.30. The zero-order valence-electron chi connectivity index (χ0n) is 11.6. The second kappa shape index (κ2) is 5.83. The number of nitrogens with zero attached hydrogens (tertiary/aromatic N) is 1. The lowest BCUT2D eigenvalue weighted by molar-refractivity contribution is -0.139. The summed E-state index contributed by atoms with van der Waals surface area (Å²) in [5.41, 5.74) is 2.72. The van der Waals surface area contributed by atoms with Gasteiger partial charge in [-0.25, -0.2) is 0 Å². The van der Waals surface area contributed by atoms with E-state index in [0.717, 1.165) is 11.1 Å². The number of carbonyl (C=O) groups is 2. The molecule has 6 heteroatoms. The standard InChI is InChI=1S/C15H17NO5/c17-14(18)6-13-9-20-4-3-16(13)15(19)10-1-2-11-7-21-8-12(11)5-10/h1-2,5,13H,3-4,6-9H2,(H,17,18). The number of carbonyl (C=O) groups excluding carboxylic acids is 1. The first-order valence-electron chi connectivity index (χ1n) is 6.95. The van der Waals surface area contributed by atoms with Crippen molar-refractivity contribution in [2.75, 3.05) is 19.8 Å². The van der Waals surface area contributed by atoms with Crippen molar-refractivity contribution in [3.8, 4) is 0 Å². The maximum Gasteiger partial charge on any atom is 0.305 e. The smallest absolute Gasteiger partial charge is 0.305 e. The minimum absolute atomic E-state index is 0.0974. The van der Waals surface area contributed by atoms with E-state index < -0.39 is 12.0 Å². The maximum absolute atomic E-state index is 12.6. The second-order valence-electron chi connectivity index (χ2n) is 5.30. The predicted octanol–water partition coefficient (Wildman–Crippen LogP) is 1.03. The molecule has 112 valence electrons. The molecule has 1 saturated heterocycles. The van der Waals surface area contributed by atoms with Crippen LogP contribution in [0.25, 0.3) is 0 Å². The summed E-state index contributed by atoms with van der Waals surface area (Å²) in [6, 6.07) is 5.12. The van der Waals surface area contributed by atoms with Gasteiger partial charge in [0.2, 0.25) is 0 Å². The van der Waals surface area contributed by atoms with Crippen molar-refractivity contribution >= 4 is 11.9 Å². The average Bonchev–Trinajstić information content (AvgIpc) is 2.94. The summed E-state index contributed by atoms with van der Waals surface area (Å²) in [6.07, 6.45) is -0.0974. The highest BCUT2D eigenvalue weighted by Crippen LogP contribution is 2.23. The minimum Gasteiger partial charge on any atom is -0.481 e. The van der Waals surface area contributed by atoms with Crippen LogP contribution in [-0.2, 0) is 27.5 Å². The Morgan fingerprint density at radius 1 is 1.24 bits per heavy atom. The highest BCUT2D eigenvalue weighted by Gasteiger charge is 2.30. The zero-order valence-corrected chi connectivity index (χ0v) is 11.6. The van der Waals surface area contributed by atoms with Gasteiger partial charge in [0.25, 0.3) is 5.91 Å². The number of carboxylic acid groups (broad SMARTS) is 1. The van der Waals surface area contributed by atoms with E-state index in [9.17, 15) is 9.59 Å². The molecule has 1 fully saturated rings. The quantitative estimate of drug-likeness (QED) is 0.900. The Kier molecular flexibility index (Phi) is 3.90. The number of fused-ring (bicyclic) bond motifs is 1. The number of hydrogen-bond donors (Lipinski definition) is 1. The first kappa shape index (κ1) is 14.0. The molecule has 1 atom stereocenters. The normalized spacial score (nSPS) is 21.1. The first-order chi connectivity index (χ1) is 10.1. The summed E-state index contributed by atoms with van der Waals surface area (Å²) in [5.74, 6) is -1.06. The lowest BCUT2D eigenvalue weighted by Gasteiger charge is -2.35. The monoisotopic (exact) mass is 291 g/mol. The Morgan fingerprint density at radius 3 is 2.86 bits per heavy atom. The molecule has 0 aromatic heterocycles. The van der Waals surface area contributed by atoms with E-state index in [2.05, 4.69) is 0 Å². The molecule has 21 heavy (non-hydrogen) atoms. The fourth-order valence-electron chi connectivity index (χ4n) is 2.76. The van der Waals surface area contributed by atoms with Crippen LogP contribution in [0.1, 0.15) is 27.9 Å². The van der Waals surface area contributed by atoms with Crippen molar-refractivity contribution in [3.05, 3.63) is 34.9 Å². The van der Waals surface area contributed by atoms with Gasteiger partial charge in [0.15, 0.2) is 0 Å². The molecule has 0 aliphatic carbocycles. The number of amides is 1. The molecule has 2 aliphatic heterocycles. The van der Waals surface area contributed by atoms with Crippen LogP contribution in [0, 0.1) is 0 Å². The summed E-state index contributed by atoms with van der Waals surface area (Å²) in [7, 11) is 0. The van der Waals surface area contributed by atoms with Gasteiger partial charge in [-0.2, -0.15) is 0 Å². The molecule has 1 amide bonds. The molecule has 1 unspecified atom stereocenters. The van der Waals surface area contributed by atoms with Gasteiger partial charge in [-0.15, -0.1) is 0 Å². The molecular formula is C15H17NO5. The number of aliphatic carboxylic acids is 1. The molecule has 0 saturated carbocycles. The number of rotatable bonds is 3. The number of morpholine rings is 1. The van der Waals surface area contributed by atoms with Crippen molar-refractivity contribution in [3.63, 3.8) is 0 Å². The Labute approximate surface area is 122 Å². The third kappa shape index (κ3) is 2.91. The van der Waals surface area contributed by atoms with Crippen LogP contribution in [-0.4, -0.2) is 47.7 Å². The van der Waals surface area contributed by atoms with Gasteiger partial charge in [0.1, 0.15) is 0 Å². The van der Waals surface area contributed by atoms with Gasteiger partial charge in [-0.3, -0.25) is 9.59 Å². The van der Waals surface area contributed by atoms with E-state index in [1.54, 1.807) is 11.0 Å². The van der Waals surface area contributed by atoms with Crippen LogP contribution in [0.5, 0.6) is 0 Å². The Hall–Kier alpha value is -1.92. The Bertz CT molecular complexity index is 571. The van der Waals surface area contributed by atoms with Crippen LogP contribution < -0.4 is 0 Å². The molecule has 2 heterocycles. The summed E-state index contributed by atoms with van der Waals surface area (Å²) in [5, 5.41) is 8.95. The van der Waals surface area contributed by atoms with Gasteiger partial charge in [-0.1, -0.05) is 6.07 Å². The van der Waals surface area contributed by atoms with Crippen LogP contribution in [0.2, 0.25) is 0 Å². The summed E-state index contributed by atoms with van der Waals surface area (Å²) in [4.78, 5) is 25.1. The summed E-state index contributed by atoms with van der Waals surface area (Å²) in [6.45, 7) is 2.24. The van der Waals surface area contributed by atoms with Crippen LogP contribution >= 0.6 is 0 Å². The molecular weight excluding hydrogens is 274 g/mol. The summed E-state index contributed by atoms with van der Waals surface area (Å²) < 4.78 is 10.6. The number of carboxylic acids is 1. The maximum atomic E-state index is 12.6. The van der Waals surface area contributed by atoms with E-state index in [-0.39, 0.29) is 18.9 Å². The molecule has 6 nitrogen and oxygen atoms in total. The van der Waals surface area contributed by atoms with E-state index in [1.165, 1.54) is 0 Å². The van der Waals surface area contributed by atoms with E-state index in [4.69, 9.17) is 14.6 Å². The molecule has 0 radical (unpaired) electrons. The topological polar surface area (TPSA) is 76.1 Å². The number of ether oxygens (including phenoxy) is 2. The third-order valence-corrected chi connectivity index (χ3v) is 3.87. The van der Waals surface area contributed by atoms with Crippen molar-refractivity contribution in [1.29, 1.82) is 0 Å². The van der Waals surface area contributed by atoms with Gasteiger partial charge in [0, 0.05) is 12.1 Å². The molecule has 0 bridgehead atoms. The van der Waals surface area contributed by atoms with Crippen molar-refractivity contribution in [1.82, 2.24) is 4.90 Å². The SMILES string of the molecule is O=C(O)CC1COCCN1C(=O)c1ccc2c(c1)COC2. The van der Waals surface area contributed by atoms with Crippen molar-refractivity contribution in [2.45, 2.75) is 25.7 Å². The molecule has 1 aromatic carbocycles. The van der Waals surface area contributed by atoms with Gasteiger partial charge in [-0.05, 0) is 23.3 Å². The van der Waals surface area contributed by atoms with Crippen molar-refractivity contribution in [2.24, 2.45) is 0 Å². The molecule has 1 aromatic rings. The average molecular weight is 291 g/mol. The van der Waals surface area contributed by atoms with Crippen molar-refractivity contribution < 1.29 is 24.2 Å². The van der Waals surface area contributed by atoms with E-state index in [0.29, 0.717) is 31.9 Å². The minimum atomic E-state index is -0.925. The van der Waals surface area contributed by atoms with Gasteiger partial charge in [0.05, 0.1) is 38.9 Å². The van der Waals surface area contributed by atoms with E-state index in [1.807, 2.05) is 12.1 Å². The Morgan fingerprint density at radius 2 is 2.05 bits per heavy atom. The van der Waals surface area contributed by atoms with Gasteiger partial charge >= 0.3 is 5.97 Å². The van der Waals surface area contributed by atoms with Crippen LogP contribution in [0.3, 0.4) is 0 Å². The first-order valence-corrected chi connectivity index (χ1v) is 6.95. The fraction of sp³-hybridized carbons (Fsp3) is 0.467. The highest BCUT2D eigenvalue weighted by atomic mass is 16.5. The zero-order chi connectivity index (χ0) is 14.8. The molecule has 2 aliphatic rings. The number of hydrogen-bond acceptors (Lipinski definition) is 4. The van der Waals surface area contributed by atoms with Gasteiger partial charge < -0.3 is 19.5 Å². The lowest BCUT2D eigenvalue weighted by atomic mass is 10.0. The van der Waals surface area contributed by atoms with Crippen LogP contribution in [0.4, 0.5) is 0 Å². The lowest BCUT2D eigenvalue weighted by Crippen LogP contribution is -2.49. The van der Waals surface area contributed by atoms with Crippen LogP contribution in [0.15, 0.2) is 18.2 Å². The predicted molar refractivity (Wildman–Crippen MR) is 72.8 cm³/mol.